The van der Waals surface area contributed by atoms with Crippen molar-refractivity contribution in [1.82, 2.24) is 0 Å². The summed E-state index contributed by atoms with van der Waals surface area (Å²) in [4.78, 5) is 11.2. The highest BCUT2D eigenvalue weighted by Crippen LogP contribution is 2.35. The Morgan fingerprint density at radius 1 is 1.62 bits per heavy atom. The van der Waals surface area contributed by atoms with Crippen LogP contribution in [-0.4, -0.2) is 25.3 Å². The molecule has 0 aromatic rings. The molecule has 1 atom stereocenters. The molecular formula is C10H18O3. The lowest BCUT2D eigenvalue weighted by Crippen LogP contribution is -2.27. The van der Waals surface area contributed by atoms with Crippen molar-refractivity contribution in [2.24, 2.45) is 5.41 Å². The molecule has 76 valence electrons. The summed E-state index contributed by atoms with van der Waals surface area (Å²) in [7, 11) is 0. The van der Waals surface area contributed by atoms with Gasteiger partial charge >= 0.3 is 5.97 Å². The lowest BCUT2D eigenvalue weighted by atomic mass is 9.84. The standard InChI is InChI=1S/C10H18O3/c1-4-12-9(11)7-8-10(2,3)5-6-13-8/h8H,4-7H2,1-3H3. The van der Waals surface area contributed by atoms with Crippen LogP contribution in [0.3, 0.4) is 0 Å². The highest BCUT2D eigenvalue weighted by molar-refractivity contribution is 5.70. The van der Waals surface area contributed by atoms with Gasteiger partial charge in [0.1, 0.15) is 0 Å². The third-order valence-electron chi connectivity index (χ3n) is 2.59. The lowest BCUT2D eigenvalue weighted by molar-refractivity contribution is -0.146. The zero-order chi connectivity index (χ0) is 9.90. The minimum Gasteiger partial charge on any atom is -0.466 e. The first kappa shape index (κ1) is 10.5. The van der Waals surface area contributed by atoms with Crippen molar-refractivity contribution < 1.29 is 14.3 Å². The van der Waals surface area contributed by atoms with Gasteiger partial charge in [-0.3, -0.25) is 4.79 Å². The van der Waals surface area contributed by atoms with Crippen molar-refractivity contribution in [3.63, 3.8) is 0 Å². The van der Waals surface area contributed by atoms with Gasteiger partial charge in [0.05, 0.1) is 19.1 Å². The molecule has 0 N–H and O–H groups in total. The summed E-state index contributed by atoms with van der Waals surface area (Å²) in [6.07, 6.45) is 1.45. The van der Waals surface area contributed by atoms with Gasteiger partial charge in [0.15, 0.2) is 0 Å². The van der Waals surface area contributed by atoms with Crippen LogP contribution in [0.4, 0.5) is 0 Å². The second-order valence-corrected chi connectivity index (χ2v) is 4.11. The Hall–Kier alpha value is -0.570. The summed E-state index contributed by atoms with van der Waals surface area (Å²) in [6, 6.07) is 0. The van der Waals surface area contributed by atoms with Gasteiger partial charge in [0.2, 0.25) is 0 Å². The smallest absolute Gasteiger partial charge is 0.308 e. The van der Waals surface area contributed by atoms with Crippen LogP contribution in [0.1, 0.15) is 33.6 Å². The molecule has 0 aromatic carbocycles. The topological polar surface area (TPSA) is 35.5 Å². The van der Waals surface area contributed by atoms with E-state index in [1.165, 1.54) is 0 Å². The molecule has 0 bridgehead atoms. The van der Waals surface area contributed by atoms with Crippen molar-refractivity contribution in [3.8, 4) is 0 Å². The zero-order valence-electron chi connectivity index (χ0n) is 8.63. The predicted molar refractivity (Wildman–Crippen MR) is 49.4 cm³/mol. The van der Waals surface area contributed by atoms with Crippen molar-refractivity contribution in [2.45, 2.75) is 39.7 Å². The summed E-state index contributed by atoms with van der Waals surface area (Å²) < 4.78 is 10.4. The van der Waals surface area contributed by atoms with E-state index in [-0.39, 0.29) is 17.5 Å². The number of carbonyl (C=O) groups is 1. The zero-order valence-corrected chi connectivity index (χ0v) is 8.63. The quantitative estimate of drug-likeness (QED) is 0.630. The molecule has 1 saturated heterocycles. The molecule has 3 nitrogen and oxygen atoms in total. The number of hydrogen-bond donors (Lipinski definition) is 0. The lowest BCUT2D eigenvalue weighted by Gasteiger charge is -2.24. The molecule has 1 unspecified atom stereocenters. The van der Waals surface area contributed by atoms with E-state index in [9.17, 15) is 4.79 Å². The van der Waals surface area contributed by atoms with Gasteiger partial charge in [0, 0.05) is 6.61 Å². The van der Waals surface area contributed by atoms with Crippen LogP contribution in [0, 0.1) is 5.41 Å². The van der Waals surface area contributed by atoms with Crippen molar-refractivity contribution in [1.29, 1.82) is 0 Å². The number of rotatable bonds is 3. The first-order chi connectivity index (χ1) is 6.06. The Kier molecular flexibility index (Phi) is 3.31. The summed E-state index contributed by atoms with van der Waals surface area (Å²) in [5, 5.41) is 0. The van der Waals surface area contributed by atoms with Crippen LogP contribution >= 0.6 is 0 Å². The largest absolute Gasteiger partial charge is 0.466 e. The number of ether oxygens (including phenoxy) is 2. The second kappa shape index (κ2) is 4.09. The fourth-order valence-electron chi connectivity index (χ4n) is 1.56. The number of carbonyl (C=O) groups excluding carboxylic acids is 1. The second-order valence-electron chi connectivity index (χ2n) is 4.11. The average Bonchev–Trinajstić information content (AvgIpc) is 2.31. The summed E-state index contributed by atoms with van der Waals surface area (Å²) in [5.41, 5.74) is 0.118. The third kappa shape index (κ3) is 2.69. The van der Waals surface area contributed by atoms with Crippen LogP contribution in [0.15, 0.2) is 0 Å². The van der Waals surface area contributed by atoms with Gasteiger partial charge in [-0.1, -0.05) is 13.8 Å². The Balaban J connectivity index is 2.40. The molecule has 13 heavy (non-hydrogen) atoms. The number of esters is 1. The molecule has 0 spiro atoms. The first-order valence-corrected chi connectivity index (χ1v) is 4.83. The molecule has 1 fully saturated rings. The van der Waals surface area contributed by atoms with Gasteiger partial charge in [-0.15, -0.1) is 0 Å². The summed E-state index contributed by atoms with van der Waals surface area (Å²) >= 11 is 0. The molecule has 0 radical (unpaired) electrons. The molecule has 0 aromatic heterocycles. The van der Waals surface area contributed by atoms with Crippen LogP contribution in [0.25, 0.3) is 0 Å². The molecular weight excluding hydrogens is 168 g/mol. The Bertz CT molecular complexity index is 187. The van der Waals surface area contributed by atoms with Crippen molar-refractivity contribution >= 4 is 5.97 Å². The van der Waals surface area contributed by atoms with E-state index < -0.39 is 0 Å². The highest BCUT2D eigenvalue weighted by Gasteiger charge is 2.37. The third-order valence-corrected chi connectivity index (χ3v) is 2.59. The average molecular weight is 186 g/mol. The fourth-order valence-corrected chi connectivity index (χ4v) is 1.56. The van der Waals surface area contributed by atoms with Gasteiger partial charge in [0.25, 0.3) is 0 Å². The molecule has 0 aliphatic carbocycles. The van der Waals surface area contributed by atoms with E-state index in [0.29, 0.717) is 13.0 Å². The summed E-state index contributed by atoms with van der Waals surface area (Å²) in [6.45, 7) is 7.29. The molecule has 1 rings (SSSR count). The molecule has 0 saturated carbocycles. The van der Waals surface area contributed by atoms with E-state index in [4.69, 9.17) is 9.47 Å². The summed E-state index contributed by atoms with van der Waals surface area (Å²) in [5.74, 6) is -0.150. The van der Waals surface area contributed by atoms with Gasteiger partial charge in [-0.25, -0.2) is 0 Å². The highest BCUT2D eigenvalue weighted by atomic mass is 16.5. The maximum Gasteiger partial charge on any atom is 0.308 e. The van der Waals surface area contributed by atoms with E-state index in [1.807, 2.05) is 6.92 Å². The monoisotopic (exact) mass is 186 g/mol. The van der Waals surface area contributed by atoms with Crippen molar-refractivity contribution in [2.75, 3.05) is 13.2 Å². The Morgan fingerprint density at radius 3 is 2.77 bits per heavy atom. The molecule has 1 aliphatic heterocycles. The Morgan fingerprint density at radius 2 is 2.31 bits per heavy atom. The molecule has 3 heteroatoms. The fraction of sp³-hybridized carbons (Fsp3) is 0.900. The molecule has 1 heterocycles. The normalized spacial score (nSPS) is 25.9. The van der Waals surface area contributed by atoms with E-state index in [2.05, 4.69) is 13.8 Å². The van der Waals surface area contributed by atoms with Gasteiger partial charge in [-0.2, -0.15) is 0 Å². The SMILES string of the molecule is CCOC(=O)CC1OCCC1(C)C. The maximum atomic E-state index is 11.2. The van der Waals surface area contributed by atoms with E-state index in [0.717, 1.165) is 13.0 Å². The van der Waals surface area contributed by atoms with E-state index in [1.54, 1.807) is 0 Å². The minimum atomic E-state index is -0.150. The van der Waals surface area contributed by atoms with Crippen LogP contribution < -0.4 is 0 Å². The van der Waals surface area contributed by atoms with Gasteiger partial charge < -0.3 is 9.47 Å². The molecule has 1 aliphatic rings. The van der Waals surface area contributed by atoms with Crippen LogP contribution in [-0.2, 0) is 14.3 Å². The van der Waals surface area contributed by atoms with Gasteiger partial charge in [-0.05, 0) is 18.8 Å². The van der Waals surface area contributed by atoms with Crippen molar-refractivity contribution in [3.05, 3.63) is 0 Å². The van der Waals surface area contributed by atoms with Crippen LogP contribution in [0.5, 0.6) is 0 Å². The first-order valence-electron chi connectivity index (χ1n) is 4.83. The minimum absolute atomic E-state index is 0.0338. The maximum absolute atomic E-state index is 11.2. The Labute approximate surface area is 79.4 Å². The predicted octanol–water partition coefficient (Wildman–Crippen LogP) is 1.75. The number of hydrogen-bond acceptors (Lipinski definition) is 3. The van der Waals surface area contributed by atoms with E-state index >= 15 is 0 Å². The van der Waals surface area contributed by atoms with Crippen LogP contribution in [0.2, 0.25) is 0 Å². The molecule has 0 amide bonds.